The molecule has 0 bridgehead atoms. The highest BCUT2D eigenvalue weighted by atomic mass is 16.3. The maximum absolute atomic E-state index is 13.1. The molecule has 1 aliphatic carbocycles. The Morgan fingerprint density at radius 2 is 1.81 bits per heavy atom. The minimum atomic E-state index is -0.531. The van der Waals surface area contributed by atoms with Gasteiger partial charge in [-0.15, -0.1) is 0 Å². The van der Waals surface area contributed by atoms with E-state index in [1.165, 1.54) is 0 Å². The number of likely N-dealkylation sites (tertiary alicyclic amines) is 1. The number of aliphatic hydroxyl groups is 1. The number of carbonyl (C=O) groups is 2. The summed E-state index contributed by atoms with van der Waals surface area (Å²) < 4.78 is 0. The molecule has 1 N–H and O–H groups in total. The Hall–Kier alpha value is -2.40. The molecule has 1 atom stereocenters. The first-order valence-corrected chi connectivity index (χ1v) is 9.86. The predicted octanol–water partition coefficient (Wildman–Crippen LogP) is 2.95. The molecule has 1 saturated carbocycles. The predicted molar refractivity (Wildman–Crippen MR) is 104 cm³/mol. The molecule has 140 valence electrons. The molecule has 0 aromatic heterocycles. The smallest absolute Gasteiger partial charge is 0.259 e. The van der Waals surface area contributed by atoms with E-state index in [9.17, 15) is 14.7 Å². The Balaban J connectivity index is 1.37. The quantitative estimate of drug-likeness (QED) is 0.911. The number of piperidine rings is 1. The van der Waals surface area contributed by atoms with Crippen LogP contribution in [0.3, 0.4) is 0 Å². The summed E-state index contributed by atoms with van der Waals surface area (Å²) in [6.45, 7) is 3.15. The second kappa shape index (κ2) is 5.80. The van der Waals surface area contributed by atoms with Crippen molar-refractivity contribution in [2.24, 2.45) is 5.92 Å². The van der Waals surface area contributed by atoms with Crippen LogP contribution >= 0.6 is 0 Å². The largest absolute Gasteiger partial charge is 0.390 e. The maximum atomic E-state index is 13.1. The lowest BCUT2D eigenvalue weighted by Crippen LogP contribution is -2.51. The zero-order valence-electron chi connectivity index (χ0n) is 15.5. The standard InChI is InChI=1S/C22H24N2O3/c1-14(20(25)23-12-8-16(9-13-23)22(27)10-11-22)24-18-7-3-5-15-4-2-6-17(19(15)18)21(24)26/h2-7,14,16,27H,8-13H2,1H3. The van der Waals surface area contributed by atoms with Gasteiger partial charge in [-0.05, 0) is 56.0 Å². The summed E-state index contributed by atoms with van der Waals surface area (Å²) in [4.78, 5) is 29.7. The lowest BCUT2D eigenvalue weighted by Gasteiger charge is -2.37. The monoisotopic (exact) mass is 364 g/mol. The summed E-state index contributed by atoms with van der Waals surface area (Å²) >= 11 is 0. The van der Waals surface area contributed by atoms with Crippen molar-refractivity contribution in [1.82, 2.24) is 4.90 Å². The minimum absolute atomic E-state index is 0.00519. The third-order valence-corrected chi connectivity index (χ3v) is 6.66. The molecule has 0 radical (unpaired) electrons. The Kier molecular flexibility index (Phi) is 3.60. The van der Waals surface area contributed by atoms with Crippen LogP contribution in [0.15, 0.2) is 36.4 Å². The molecule has 5 rings (SSSR count). The van der Waals surface area contributed by atoms with Crippen molar-refractivity contribution in [3.8, 4) is 0 Å². The van der Waals surface area contributed by atoms with E-state index >= 15 is 0 Å². The Morgan fingerprint density at radius 3 is 2.48 bits per heavy atom. The zero-order valence-corrected chi connectivity index (χ0v) is 15.5. The Morgan fingerprint density at radius 1 is 1.15 bits per heavy atom. The highest BCUT2D eigenvalue weighted by Crippen LogP contribution is 2.46. The van der Waals surface area contributed by atoms with Crippen molar-refractivity contribution in [1.29, 1.82) is 0 Å². The van der Waals surface area contributed by atoms with Crippen molar-refractivity contribution in [2.75, 3.05) is 18.0 Å². The zero-order chi connectivity index (χ0) is 18.8. The number of hydrogen-bond donors (Lipinski definition) is 1. The van der Waals surface area contributed by atoms with E-state index < -0.39 is 11.6 Å². The Bertz CT molecular complexity index is 936. The molecule has 2 fully saturated rings. The number of anilines is 1. The van der Waals surface area contributed by atoms with E-state index in [-0.39, 0.29) is 11.8 Å². The SMILES string of the molecule is CC(C(=O)N1CCC(C2(O)CC2)CC1)N1C(=O)c2cccc3cccc1c23. The third kappa shape index (κ3) is 2.48. The number of rotatable bonds is 3. The van der Waals surface area contributed by atoms with Crippen LogP contribution in [0.5, 0.6) is 0 Å². The summed E-state index contributed by atoms with van der Waals surface area (Å²) in [5, 5.41) is 12.3. The van der Waals surface area contributed by atoms with Crippen molar-refractivity contribution in [3.63, 3.8) is 0 Å². The molecule has 5 nitrogen and oxygen atoms in total. The highest BCUT2D eigenvalue weighted by Gasteiger charge is 2.48. The van der Waals surface area contributed by atoms with Crippen molar-refractivity contribution < 1.29 is 14.7 Å². The van der Waals surface area contributed by atoms with Crippen LogP contribution in [0, 0.1) is 5.92 Å². The molecule has 2 aromatic rings. The number of nitrogens with zero attached hydrogens (tertiary/aromatic N) is 2. The fourth-order valence-corrected chi connectivity index (χ4v) is 4.87. The van der Waals surface area contributed by atoms with Gasteiger partial charge in [0.15, 0.2) is 0 Å². The van der Waals surface area contributed by atoms with Gasteiger partial charge in [0.25, 0.3) is 5.91 Å². The summed E-state index contributed by atoms with van der Waals surface area (Å²) in [5.74, 6) is 0.211. The van der Waals surface area contributed by atoms with E-state index in [1.807, 2.05) is 48.2 Å². The third-order valence-electron chi connectivity index (χ3n) is 6.66. The molecule has 2 aromatic carbocycles. The molecule has 27 heavy (non-hydrogen) atoms. The summed E-state index contributed by atoms with van der Waals surface area (Å²) in [6, 6.07) is 11.1. The van der Waals surface area contributed by atoms with E-state index in [0.29, 0.717) is 24.6 Å². The van der Waals surface area contributed by atoms with E-state index in [1.54, 1.807) is 4.90 Å². The fourth-order valence-electron chi connectivity index (χ4n) is 4.87. The van der Waals surface area contributed by atoms with Crippen LogP contribution < -0.4 is 4.90 Å². The number of amides is 2. The van der Waals surface area contributed by atoms with Crippen molar-refractivity contribution in [2.45, 2.75) is 44.2 Å². The average molecular weight is 364 g/mol. The van der Waals surface area contributed by atoms with E-state index in [0.717, 1.165) is 42.1 Å². The first-order chi connectivity index (χ1) is 13.0. The summed E-state index contributed by atoms with van der Waals surface area (Å²) in [5.41, 5.74) is 1.04. The second-order valence-electron chi connectivity index (χ2n) is 8.24. The van der Waals surface area contributed by atoms with Crippen LogP contribution in [0.4, 0.5) is 5.69 Å². The van der Waals surface area contributed by atoms with Crippen LogP contribution in [0.2, 0.25) is 0 Å². The molecular weight excluding hydrogens is 340 g/mol. The molecule has 2 amide bonds. The van der Waals surface area contributed by atoms with E-state index in [2.05, 4.69) is 0 Å². The lowest BCUT2D eigenvalue weighted by molar-refractivity contribution is -0.134. The topological polar surface area (TPSA) is 60.9 Å². The maximum Gasteiger partial charge on any atom is 0.259 e. The van der Waals surface area contributed by atoms with Crippen molar-refractivity contribution in [3.05, 3.63) is 42.0 Å². The van der Waals surface area contributed by atoms with Gasteiger partial charge in [0.2, 0.25) is 5.91 Å². The second-order valence-corrected chi connectivity index (χ2v) is 8.24. The van der Waals surface area contributed by atoms with Gasteiger partial charge in [0.05, 0.1) is 11.3 Å². The van der Waals surface area contributed by atoms with Gasteiger partial charge in [-0.1, -0.05) is 24.3 Å². The van der Waals surface area contributed by atoms with Gasteiger partial charge in [0, 0.05) is 24.0 Å². The van der Waals surface area contributed by atoms with Crippen LogP contribution in [0.25, 0.3) is 10.8 Å². The molecule has 1 saturated heterocycles. The summed E-state index contributed by atoms with van der Waals surface area (Å²) in [7, 11) is 0. The van der Waals surface area contributed by atoms with Gasteiger partial charge >= 0.3 is 0 Å². The molecule has 1 unspecified atom stereocenters. The normalized spacial score (nSPS) is 22.4. The number of carbonyl (C=O) groups excluding carboxylic acids is 2. The molecule has 0 spiro atoms. The molecule has 5 heteroatoms. The fraction of sp³-hybridized carbons (Fsp3) is 0.455. The molecule has 2 heterocycles. The van der Waals surface area contributed by atoms with E-state index in [4.69, 9.17) is 0 Å². The first kappa shape index (κ1) is 16.8. The number of hydrogen-bond acceptors (Lipinski definition) is 3. The lowest BCUT2D eigenvalue weighted by atomic mass is 9.89. The number of benzene rings is 2. The van der Waals surface area contributed by atoms with Crippen LogP contribution in [-0.2, 0) is 4.79 Å². The molecule has 2 aliphatic heterocycles. The summed E-state index contributed by atoms with van der Waals surface area (Å²) in [6.07, 6.45) is 3.48. The van der Waals surface area contributed by atoms with Crippen molar-refractivity contribution >= 4 is 28.3 Å². The van der Waals surface area contributed by atoms with Gasteiger partial charge in [0.1, 0.15) is 6.04 Å². The average Bonchev–Trinajstić information content (AvgIpc) is 3.39. The minimum Gasteiger partial charge on any atom is -0.390 e. The van der Waals surface area contributed by atoms with Gasteiger partial charge < -0.3 is 10.0 Å². The highest BCUT2D eigenvalue weighted by molar-refractivity contribution is 6.26. The first-order valence-electron chi connectivity index (χ1n) is 9.86. The Labute approximate surface area is 158 Å². The van der Waals surface area contributed by atoms with Gasteiger partial charge in [-0.25, -0.2) is 0 Å². The molecular formula is C22H24N2O3. The van der Waals surface area contributed by atoms with Crippen LogP contribution in [-0.4, -0.2) is 46.6 Å². The van der Waals surface area contributed by atoms with Gasteiger partial charge in [-0.3, -0.25) is 14.5 Å². The van der Waals surface area contributed by atoms with Crippen LogP contribution in [0.1, 0.15) is 43.0 Å². The molecule has 3 aliphatic rings. The van der Waals surface area contributed by atoms with Gasteiger partial charge in [-0.2, -0.15) is 0 Å².